The number of pyridine rings is 1. The van der Waals surface area contributed by atoms with E-state index in [-0.39, 0.29) is 6.04 Å². The number of halogens is 1. The molecule has 3 N–H and O–H groups in total. The summed E-state index contributed by atoms with van der Waals surface area (Å²) in [7, 11) is 1.92. The Kier molecular flexibility index (Phi) is 4.20. The first-order chi connectivity index (χ1) is 8.20. The molecule has 0 saturated carbocycles. The fourth-order valence-corrected chi connectivity index (χ4v) is 2.40. The Hall–Kier alpha value is -0.840. The number of hydrogen-bond donors (Lipinski definition) is 2. The lowest BCUT2D eigenvalue weighted by molar-refractivity contribution is 0.0954. The standard InChI is InChI=1S/C12H18ClN3O/c1-15-11(6-9-3-2-4-17-9)10-5-8(13)7-16-12(10)14/h5,7,9,11,15H,2-4,6H2,1H3,(H2,14,16). The van der Waals surface area contributed by atoms with Crippen LogP contribution in [-0.2, 0) is 4.74 Å². The molecule has 1 aromatic heterocycles. The molecule has 2 rings (SSSR count). The SMILES string of the molecule is CNC(CC1CCCO1)c1cc(Cl)cnc1N. The molecule has 1 aromatic rings. The fourth-order valence-electron chi connectivity index (χ4n) is 2.24. The van der Waals surface area contributed by atoms with Crippen LogP contribution in [0, 0.1) is 0 Å². The Morgan fingerprint density at radius 1 is 1.71 bits per heavy atom. The van der Waals surface area contributed by atoms with Crippen LogP contribution in [0.25, 0.3) is 0 Å². The number of anilines is 1. The van der Waals surface area contributed by atoms with E-state index in [0.29, 0.717) is 16.9 Å². The topological polar surface area (TPSA) is 60.2 Å². The molecule has 4 nitrogen and oxygen atoms in total. The minimum atomic E-state index is 0.143. The lowest BCUT2D eigenvalue weighted by Crippen LogP contribution is -2.23. The van der Waals surface area contributed by atoms with Crippen LogP contribution in [0.15, 0.2) is 12.3 Å². The van der Waals surface area contributed by atoms with Gasteiger partial charge in [-0.15, -0.1) is 0 Å². The Bertz CT molecular complexity index is 380. The van der Waals surface area contributed by atoms with Crippen molar-refractivity contribution < 1.29 is 4.74 Å². The number of nitrogens with one attached hydrogen (secondary N) is 1. The largest absolute Gasteiger partial charge is 0.383 e. The molecule has 0 aromatic carbocycles. The normalized spacial score (nSPS) is 21.6. The van der Waals surface area contributed by atoms with Gasteiger partial charge >= 0.3 is 0 Å². The van der Waals surface area contributed by atoms with Crippen molar-refractivity contribution in [1.82, 2.24) is 10.3 Å². The number of nitrogens with two attached hydrogens (primary N) is 1. The summed E-state index contributed by atoms with van der Waals surface area (Å²) in [5.41, 5.74) is 6.84. The molecule has 0 amide bonds. The fraction of sp³-hybridized carbons (Fsp3) is 0.583. The second-order valence-corrected chi connectivity index (χ2v) is 4.78. The lowest BCUT2D eigenvalue weighted by Gasteiger charge is -2.21. The summed E-state index contributed by atoms with van der Waals surface area (Å²) in [6, 6.07) is 2.02. The van der Waals surface area contributed by atoms with Gasteiger partial charge in [0.1, 0.15) is 5.82 Å². The summed E-state index contributed by atoms with van der Waals surface area (Å²) in [5.74, 6) is 0.534. The first-order valence-corrected chi connectivity index (χ1v) is 6.28. The van der Waals surface area contributed by atoms with Crippen LogP contribution >= 0.6 is 11.6 Å². The molecule has 0 bridgehead atoms. The van der Waals surface area contributed by atoms with Crippen molar-refractivity contribution in [2.75, 3.05) is 19.4 Å². The van der Waals surface area contributed by atoms with Crippen LogP contribution in [-0.4, -0.2) is 24.7 Å². The maximum Gasteiger partial charge on any atom is 0.128 e. The number of aromatic nitrogens is 1. The van der Waals surface area contributed by atoms with Gasteiger partial charge in [0, 0.05) is 24.4 Å². The molecule has 0 spiro atoms. The maximum atomic E-state index is 5.96. The predicted molar refractivity (Wildman–Crippen MR) is 69.1 cm³/mol. The molecular weight excluding hydrogens is 238 g/mol. The molecule has 1 aliphatic rings. The number of hydrogen-bond acceptors (Lipinski definition) is 4. The van der Waals surface area contributed by atoms with Crippen LogP contribution < -0.4 is 11.1 Å². The lowest BCUT2D eigenvalue weighted by atomic mass is 10.00. The highest BCUT2D eigenvalue weighted by molar-refractivity contribution is 6.30. The van der Waals surface area contributed by atoms with Crippen molar-refractivity contribution in [2.45, 2.75) is 31.4 Å². The van der Waals surface area contributed by atoms with E-state index in [9.17, 15) is 0 Å². The summed E-state index contributed by atoms with van der Waals surface area (Å²) in [6.07, 6.45) is 5.05. The van der Waals surface area contributed by atoms with E-state index in [4.69, 9.17) is 22.1 Å². The molecule has 2 heterocycles. The molecule has 5 heteroatoms. The van der Waals surface area contributed by atoms with Crippen LogP contribution in [0.2, 0.25) is 5.02 Å². The van der Waals surface area contributed by atoms with Crippen molar-refractivity contribution in [3.63, 3.8) is 0 Å². The van der Waals surface area contributed by atoms with Gasteiger partial charge in [-0.05, 0) is 32.4 Å². The van der Waals surface area contributed by atoms with E-state index in [0.717, 1.165) is 31.4 Å². The van der Waals surface area contributed by atoms with Gasteiger partial charge in [-0.3, -0.25) is 0 Å². The first-order valence-electron chi connectivity index (χ1n) is 5.90. The maximum absolute atomic E-state index is 5.96. The zero-order chi connectivity index (χ0) is 12.3. The predicted octanol–water partition coefficient (Wildman–Crippen LogP) is 2.15. The van der Waals surface area contributed by atoms with Gasteiger partial charge in [0.25, 0.3) is 0 Å². The molecule has 2 unspecified atom stereocenters. The summed E-state index contributed by atoms with van der Waals surface area (Å²) in [5, 5.41) is 3.87. The summed E-state index contributed by atoms with van der Waals surface area (Å²) in [6.45, 7) is 0.865. The van der Waals surface area contributed by atoms with Crippen LogP contribution in [0.1, 0.15) is 30.9 Å². The minimum Gasteiger partial charge on any atom is -0.383 e. The third kappa shape index (κ3) is 3.09. The van der Waals surface area contributed by atoms with Gasteiger partial charge in [-0.2, -0.15) is 0 Å². The van der Waals surface area contributed by atoms with Crippen molar-refractivity contribution >= 4 is 17.4 Å². The molecule has 1 aliphatic heterocycles. The molecule has 2 atom stereocenters. The molecule has 0 radical (unpaired) electrons. The minimum absolute atomic E-state index is 0.143. The molecule has 0 aliphatic carbocycles. The number of rotatable bonds is 4. The average molecular weight is 256 g/mol. The third-order valence-corrected chi connectivity index (χ3v) is 3.37. The zero-order valence-electron chi connectivity index (χ0n) is 9.95. The number of nitrogen functional groups attached to an aromatic ring is 1. The summed E-state index contributed by atoms with van der Waals surface area (Å²) >= 11 is 5.96. The molecule has 1 saturated heterocycles. The van der Waals surface area contributed by atoms with Crippen molar-refractivity contribution in [1.29, 1.82) is 0 Å². The Morgan fingerprint density at radius 3 is 3.18 bits per heavy atom. The van der Waals surface area contributed by atoms with Crippen molar-refractivity contribution in [2.24, 2.45) is 0 Å². The van der Waals surface area contributed by atoms with Gasteiger partial charge < -0.3 is 15.8 Å². The van der Waals surface area contributed by atoms with Crippen molar-refractivity contribution in [3.05, 3.63) is 22.8 Å². The highest BCUT2D eigenvalue weighted by Gasteiger charge is 2.22. The third-order valence-electron chi connectivity index (χ3n) is 3.16. The van der Waals surface area contributed by atoms with Gasteiger partial charge in [-0.1, -0.05) is 11.6 Å². The molecule has 17 heavy (non-hydrogen) atoms. The van der Waals surface area contributed by atoms with Gasteiger partial charge in [0.2, 0.25) is 0 Å². The molecule has 94 valence electrons. The van der Waals surface area contributed by atoms with E-state index in [1.165, 1.54) is 0 Å². The molecular formula is C12H18ClN3O. The smallest absolute Gasteiger partial charge is 0.128 e. The van der Waals surface area contributed by atoms with Crippen LogP contribution in [0.5, 0.6) is 0 Å². The average Bonchev–Trinajstić information content (AvgIpc) is 2.82. The second kappa shape index (κ2) is 5.67. The van der Waals surface area contributed by atoms with E-state index in [2.05, 4.69) is 10.3 Å². The second-order valence-electron chi connectivity index (χ2n) is 4.34. The molecule has 1 fully saturated rings. The van der Waals surface area contributed by atoms with Gasteiger partial charge in [0.15, 0.2) is 0 Å². The zero-order valence-corrected chi connectivity index (χ0v) is 10.7. The summed E-state index contributed by atoms with van der Waals surface area (Å²) < 4.78 is 5.64. The Balaban J connectivity index is 2.13. The van der Waals surface area contributed by atoms with E-state index in [1.54, 1.807) is 6.20 Å². The van der Waals surface area contributed by atoms with Crippen LogP contribution in [0.4, 0.5) is 5.82 Å². The highest BCUT2D eigenvalue weighted by Crippen LogP contribution is 2.28. The number of ether oxygens (including phenoxy) is 1. The van der Waals surface area contributed by atoms with E-state index >= 15 is 0 Å². The van der Waals surface area contributed by atoms with Crippen molar-refractivity contribution in [3.8, 4) is 0 Å². The van der Waals surface area contributed by atoms with E-state index < -0.39 is 0 Å². The highest BCUT2D eigenvalue weighted by atomic mass is 35.5. The van der Waals surface area contributed by atoms with Gasteiger partial charge in [-0.25, -0.2) is 4.98 Å². The number of nitrogens with zero attached hydrogens (tertiary/aromatic N) is 1. The Morgan fingerprint density at radius 2 is 2.53 bits per heavy atom. The first kappa shape index (κ1) is 12.6. The quantitative estimate of drug-likeness (QED) is 0.866. The summed E-state index contributed by atoms with van der Waals surface area (Å²) in [4.78, 5) is 4.09. The van der Waals surface area contributed by atoms with Gasteiger partial charge in [0.05, 0.1) is 11.1 Å². The van der Waals surface area contributed by atoms with Crippen LogP contribution in [0.3, 0.4) is 0 Å². The monoisotopic (exact) mass is 255 g/mol. The van der Waals surface area contributed by atoms with E-state index in [1.807, 2.05) is 13.1 Å². The Labute approximate surface area is 107 Å².